The van der Waals surface area contributed by atoms with E-state index in [0.29, 0.717) is 11.6 Å². The third-order valence-corrected chi connectivity index (χ3v) is 5.09. The van der Waals surface area contributed by atoms with Gasteiger partial charge in [-0.15, -0.1) is 0 Å². The molecule has 162 valence electrons. The Morgan fingerprint density at radius 1 is 0.824 bits per heavy atom. The number of rotatable bonds is 9. The van der Waals surface area contributed by atoms with Gasteiger partial charge in [-0.25, -0.2) is 4.98 Å². The van der Waals surface area contributed by atoms with Gasteiger partial charge >= 0.3 is 59.1 Å². The number of carboxylic acid groups (broad SMARTS) is 2. The van der Waals surface area contributed by atoms with Gasteiger partial charge in [-0.1, -0.05) is 36.4 Å². The van der Waals surface area contributed by atoms with Crippen molar-refractivity contribution in [2.24, 2.45) is 5.92 Å². The number of aliphatic carboxylic acids is 2. The molecule has 0 aliphatic rings. The SMILES string of the molecule is O=C([O-])C(CCCOc1ccc(-c2ccc(-c3nc4ccccc4o3)cc2)cc1)C(=O)[O-].[Na+].[Na+]. The molecule has 34 heavy (non-hydrogen) atoms. The van der Waals surface area contributed by atoms with Gasteiger partial charge in [-0.05, 0) is 60.4 Å². The molecule has 0 N–H and O–H groups in total. The molecule has 3 aromatic carbocycles. The molecular formula is C25H19NNa2O6. The summed E-state index contributed by atoms with van der Waals surface area (Å²) >= 11 is 0. The summed E-state index contributed by atoms with van der Waals surface area (Å²) in [6, 6.07) is 22.9. The molecular weight excluding hydrogens is 456 g/mol. The van der Waals surface area contributed by atoms with E-state index >= 15 is 0 Å². The Hall–Kier alpha value is -2.13. The number of ether oxygens (including phenoxy) is 1. The van der Waals surface area contributed by atoms with E-state index in [1.807, 2.05) is 60.7 Å². The quantitative estimate of drug-likeness (QED) is 0.140. The number of aromatic nitrogens is 1. The van der Waals surface area contributed by atoms with Crippen molar-refractivity contribution in [3.63, 3.8) is 0 Å². The molecule has 0 bridgehead atoms. The summed E-state index contributed by atoms with van der Waals surface area (Å²) < 4.78 is 11.4. The normalized spacial score (nSPS) is 10.4. The van der Waals surface area contributed by atoms with Crippen LogP contribution in [0.4, 0.5) is 0 Å². The van der Waals surface area contributed by atoms with Gasteiger partial charge in [0.15, 0.2) is 5.58 Å². The van der Waals surface area contributed by atoms with Crippen molar-refractivity contribution in [3.8, 4) is 28.3 Å². The predicted molar refractivity (Wildman–Crippen MR) is 113 cm³/mol. The van der Waals surface area contributed by atoms with Crippen LogP contribution in [0.3, 0.4) is 0 Å². The van der Waals surface area contributed by atoms with Gasteiger partial charge in [-0.2, -0.15) is 0 Å². The van der Waals surface area contributed by atoms with Crippen molar-refractivity contribution in [1.29, 1.82) is 0 Å². The van der Waals surface area contributed by atoms with Crippen LogP contribution in [0.1, 0.15) is 12.8 Å². The van der Waals surface area contributed by atoms with Crippen LogP contribution >= 0.6 is 0 Å². The zero-order valence-electron chi connectivity index (χ0n) is 19.0. The summed E-state index contributed by atoms with van der Waals surface area (Å²) in [4.78, 5) is 26.0. The second-order valence-corrected chi connectivity index (χ2v) is 7.27. The van der Waals surface area contributed by atoms with Crippen molar-refractivity contribution in [1.82, 2.24) is 4.98 Å². The first-order chi connectivity index (χ1) is 15.5. The Bertz CT molecular complexity index is 1190. The number of hydrogen-bond acceptors (Lipinski definition) is 7. The van der Waals surface area contributed by atoms with Gasteiger partial charge in [0.25, 0.3) is 0 Å². The van der Waals surface area contributed by atoms with Crippen LogP contribution in [0.5, 0.6) is 5.75 Å². The fourth-order valence-corrected chi connectivity index (χ4v) is 3.35. The van der Waals surface area contributed by atoms with Crippen LogP contribution in [0.15, 0.2) is 77.2 Å². The van der Waals surface area contributed by atoms with Gasteiger partial charge in [0.2, 0.25) is 5.89 Å². The molecule has 0 radical (unpaired) electrons. The number of carbonyl (C=O) groups is 2. The molecule has 7 nitrogen and oxygen atoms in total. The molecule has 1 aromatic heterocycles. The van der Waals surface area contributed by atoms with E-state index < -0.39 is 17.9 Å². The molecule has 4 aromatic rings. The van der Waals surface area contributed by atoms with Gasteiger partial charge in [0.05, 0.1) is 18.5 Å². The Morgan fingerprint density at radius 3 is 1.97 bits per heavy atom. The Morgan fingerprint density at radius 2 is 1.38 bits per heavy atom. The number of hydrogen-bond donors (Lipinski definition) is 0. The fourth-order valence-electron chi connectivity index (χ4n) is 3.35. The fraction of sp³-hybridized carbons (Fsp3) is 0.160. The average molecular weight is 475 g/mol. The van der Waals surface area contributed by atoms with Gasteiger partial charge < -0.3 is 29.0 Å². The molecule has 0 spiro atoms. The van der Waals surface area contributed by atoms with Crippen LogP contribution < -0.4 is 74.1 Å². The second-order valence-electron chi connectivity index (χ2n) is 7.27. The maximum Gasteiger partial charge on any atom is 1.00 e. The summed E-state index contributed by atoms with van der Waals surface area (Å²) in [5.74, 6) is -3.73. The number of carbonyl (C=O) groups excluding carboxylic acids is 2. The van der Waals surface area contributed by atoms with Crippen molar-refractivity contribution < 1.29 is 88.1 Å². The second kappa shape index (κ2) is 13.1. The van der Waals surface area contributed by atoms with E-state index in [1.54, 1.807) is 12.1 Å². The van der Waals surface area contributed by atoms with Gasteiger partial charge in [-0.3, -0.25) is 0 Å². The minimum atomic E-state index is -1.64. The molecule has 1 heterocycles. The average Bonchev–Trinajstić information content (AvgIpc) is 3.23. The van der Waals surface area contributed by atoms with E-state index in [-0.39, 0.29) is 78.6 Å². The molecule has 9 heteroatoms. The number of para-hydroxylation sites is 2. The third-order valence-electron chi connectivity index (χ3n) is 5.09. The van der Waals surface area contributed by atoms with Crippen LogP contribution in [0, 0.1) is 5.92 Å². The summed E-state index contributed by atoms with van der Waals surface area (Å²) in [6.07, 6.45) is 0.154. The first-order valence-corrected chi connectivity index (χ1v) is 10.1. The summed E-state index contributed by atoms with van der Waals surface area (Å²) in [6.45, 7) is 0.190. The maximum absolute atomic E-state index is 10.7. The molecule has 0 amide bonds. The smallest absolute Gasteiger partial charge is 0.549 e. The largest absolute Gasteiger partial charge is 1.00 e. The van der Waals surface area contributed by atoms with Crippen LogP contribution in [-0.2, 0) is 9.59 Å². The van der Waals surface area contributed by atoms with Gasteiger partial charge in [0, 0.05) is 11.5 Å². The van der Waals surface area contributed by atoms with Crippen molar-refractivity contribution in [2.45, 2.75) is 12.8 Å². The zero-order chi connectivity index (χ0) is 22.5. The first kappa shape index (κ1) is 28.1. The predicted octanol–water partition coefficient (Wildman–Crippen LogP) is -3.56. The topological polar surface area (TPSA) is 116 Å². The molecule has 0 aliphatic heterocycles. The van der Waals surface area contributed by atoms with Crippen molar-refractivity contribution >= 4 is 23.0 Å². The standard InChI is InChI=1S/C25H21NO6.2Na/c27-24(28)20(25(29)30)4-3-15-31-19-13-11-17(12-14-19)16-7-9-18(10-8-16)23-26-21-5-1-2-6-22(21)32-23;;/h1-2,5-14,20H,3-4,15H2,(H,27,28)(H,29,30);;/q;2*+1/p-2. The zero-order valence-corrected chi connectivity index (χ0v) is 23.0. The van der Waals surface area contributed by atoms with Crippen molar-refractivity contribution in [2.75, 3.05) is 6.61 Å². The Balaban J connectivity index is 0.00000204. The summed E-state index contributed by atoms with van der Waals surface area (Å²) in [5, 5.41) is 21.5. The molecule has 0 saturated carbocycles. The van der Waals surface area contributed by atoms with Crippen molar-refractivity contribution in [3.05, 3.63) is 72.8 Å². The maximum atomic E-state index is 10.7. The van der Waals surface area contributed by atoms with E-state index in [2.05, 4.69) is 4.98 Å². The molecule has 0 unspecified atom stereocenters. The first-order valence-electron chi connectivity index (χ1n) is 10.1. The van der Waals surface area contributed by atoms with Crippen LogP contribution in [0.2, 0.25) is 0 Å². The molecule has 0 aliphatic carbocycles. The third kappa shape index (κ3) is 6.95. The minimum Gasteiger partial charge on any atom is -0.549 e. The summed E-state index contributed by atoms with van der Waals surface area (Å²) in [7, 11) is 0. The molecule has 4 rings (SSSR count). The van der Waals surface area contributed by atoms with E-state index in [4.69, 9.17) is 9.15 Å². The summed E-state index contributed by atoms with van der Waals surface area (Å²) in [5.41, 5.74) is 4.46. The molecule has 0 fully saturated rings. The number of carboxylic acids is 2. The Labute approximate surface area is 240 Å². The van der Waals surface area contributed by atoms with E-state index in [1.165, 1.54) is 0 Å². The molecule has 0 atom stereocenters. The number of oxazole rings is 1. The van der Waals surface area contributed by atoms with E-state index in [0.717, 1.165) is 27.8 Å². The Kier molecular flexibility index (Phi) is 10.8. The minimum absolute atomic E-state index is 0. The van der Waals surface area contributed by atoms with Crippen LogP contribution in [0.25, 0.3) is 33.7 Å². The monoisotopic (exact) mass is 475 g/mol. The number of benzene rings is 3. The van der Waals surface area contributed by atoms with Crippen LogP contribution in [-0.4, -0.2) is 23.5 Å². The van der Waals surface area contributed by atoms with E-state index in [9.17, 15) is 19.8 Å². The van der Waals surface area contributed by atoms with Gasteiger partial charge in [0.1, 0.15) is 11.3 Å². The molecule has 0 saturated heterocycles. The number of fused-ring (bicyclic) bond motifs is 1. The number of nitrogens with zero attached hydrogens (tertiary/aromatic N) is 1.